The first kappa shape index (κ1) is 19.8. The topological polar surface area (TPSA) is 54.5 Å². The summed E-state index contributed by atoms with van der Waals surface area (Å²) < 4.78 is 42.4. The third kappa shape index (κ3) is 4.37. The first-order valence-electron chi connectivity index (χ1n) is 9.28. The van der Waals surface area contributed by atoms with Crippen molar-refractivity contribution in [2.24, 2.45) is 0 Å². The molecule has 2 heterocycles. The zero-order chi connectivity index (χ0) is 21.3. The van der Waals surface area contributed by atoms with E-state index in [9.17, 15) is 18.0 Å². The van der Waals surface area contributed by atoms with E-state index in [4.69, 9.17) is 0 Å². The zero-order valence-corrected chi connectivity index (χ0v) is 16.0. The van der Waals surface area contributed by atoms with Crippen molar-refractivity contribution >= 4 is 17.4 Å². The van der Waals surface area contributed by atoms with Gasteiger partial charge in [-0.2, -0.15) is 0 Å². The first-order valence-corrected chi connectivity index (χ1v) is 9.28. The lowest BCUT2D eigenvalue weighted by atomic mass is 10.1. The van der Waals surface area contributed by atoms with Gasteiger partial charge in [0, 0.05) is 41.9 Å². The number of halogens is 3. The van der Waals surface area contributed by atoms with Gasteiger partial charge in [0.15, 0.2) is 0 Å². The number of carbonyl (C=O) groups is 1. The standard InChI is InChI=1S/C22H18F3N3O2/c1-14-4-5-20-15(9-14)6-8-28(20)21(29)27-18-10-17(16-3-2-7-26-13-16)11-19(12-18)30-22(23,24)25/h2-5,7,9-13H,6,8H2,1H3,(H,27,29). The monoisotopic (exact) mass is 413 g/mol. The van der Waals surface area contributed by atoms with Gasteiger partial charge in [0.25, 0.3) is 0 Å². The normalized spacial score (nSPS) is 13.1. The largest absolute Gasteiger partial charge is 0.573 e. The molecule has 1 aromatic heterocycles. The molecule has 0 saturated carbocycles. The maximum absolute atomic E-state index is 12.8. The molecule has 8 heteroatoms. The second-order valence-electron chi connectivity index (χ2n) is 7.00. The van der Waals surface area contributed by atoms with E-state index in [1.165, 1.54) is 12.3 Å². The number of hydrogen-bond donors (Lipinski definition) is 1. The van der Waals surface area contributed by atoms with Gasteiger partial charge in [-0.3, -0.25) is 9.88 Å². The molecule has 1 aliphatic heterocycles. The van der Waals surface area contributed by atoms with Gasteiger partial charge in [-0.15, -0.1) is 13.2 Å². The highest BCUT2D eigenvalue weighted by Crippen LogP contribution is 2.33. The van der Waals surface area contributed by atoms with E-state index in [0.29, 0.717) is 17.7 Å². The Labute approximate surface area is 171 Å². The number of benzene rings is 2. The summed E-state index contributed by atoms with van der Waals surface area (Å²) in [4.78, 5) is 18.4. The van der Waals surface area contributed by atoms with Gasteiger partial charge in [0.1, 0.15) is 5.75 Å². The number of carbonyl (C=O) groups excluding carboxylic acids is 1. The Morgan fingerprint density at radius 1 is 1.13 bits per heavy atom. The van der Waals surface area contributed by atoms with E-state index in [1.54, 1.807) is 29.3 Å². The smallest absolute Gasteiger partial charge is 0.406 e. The number of hydrogen-bond acceptors (Lipinski definition) is 3. The fraction of sp³-hybridized carbons (Fsp3) is 0.182. The number of aryl methyl sites for hydroxylation is 1. The molecule has 2 aromatic carbocycles. The Bertz CT molecular complexity index is 1080. The molecule has 1 aliphatic rings. The lowest BCUT2D eigenvalue weighted by molar-refractivity contribution is -0.274. The average molecular weight is 413 g/mol. The van der Waals surface area contributed by atoms with Crippen LogP contribution in [-0.4, -0.2) is 23.9 Å². The third-order valence-corrected chi connectivity index (χ3v) is 4.76. The van der Waals surface area contributed by atoms with Crippen LogP contribution in [0.1, 0.15) is 11.1 Å². The minimum absolute atomic E-state index is 0.196. The fourth-order valence-electron chi connectivity index (χ4n) is 3.50. The van der Waals surface area contributed by atoms with Crippen LogP contribution < -0.4 is 15.0 Å². The summed E-state index contributed by atoms with van der Waals surface area (Å²) in [7, 11) is 0. The minimum Gasteiger partial charge on any atom is -0.406 e. The maximum Gasteiger partial charge on any atom is 0.573 e. The highest BCUT2D eigenvalue weighted by molar-refractivity contribution is 6.03. The van der Waals surface area contributed by atoms with Crippen LogP contribution >= 0.6 is 0 Å². The number of anilines is 2. The van der Waals surface area contributed by atoms with E-state index in [2.05, 4.69) is 15.0 Å². The summed E-state index contributed by atoms with van der Waals surface area (Å²) in [5.74, 6) is -0.420. The molecular formula is C22H18F3N3O2. The van der Waals surface area contributed by atoms with Gasteiger partial charge < -0.3 is 10.1 Å². The van der Waals surface area contributed by atoms with Gasteiger partial charge in [-0.1, -0.05) is 23.8 Å². The zero-order valence-electron chi connectivity index (χ0n) is 16.0. The van der Waals surface area contributed by atoms with Crippen LogP contribution in [0.25, 0.3) is 11.1 Å². The quantitative estimate of drug-likeness (QED) is 0.613. The molecule has 0 bridgehead atoms. The molecule has 0 atom stereocenters. The van der Waals surface area contributed by atoms with E-state index in [1.807, 2.05) is 25.1 Å². The second kappa shape index (κ2) is 7.70. The first-order chi connectivity index (χ1) is 14.3. The van der Waals surface area contributed by atoms with Crippen LogP contribution in [0, 0.1) is 6.92 Å². The lowest BCUT2D eigenvalue weighted by Gasteiger charge is -2.19. The van der Waals surface area contributed by atoms with Crippen molar-refractivity contribution in [3.8, 4) is 16.9 Å². The van der Waals surface area contributed by atoms with E-state index < -0.39 is 18.1 Å². The third-order valence-electron chi connectivity index (χ3n) is 4.76. The minimum atomic E-state index is -4.85. The molecule has 1 N–H and O–H groups in total. The van der Waals surface area contributed by atoms with Crippen molar-refractivity contribution in [3.63, 3.8) is 0 Å². The highest BCUT2D eigenvalue weighted by Gasteiger charge is 2.31. The van der Waals surface area contributed by atoms with Crippen LogP contribution in [0.2, 0.25) is 0 Å². The van der Waals surface area contributed by atoms with Crippen molar-refractivity contribution in [3.05, 3.63) is 72.1 Å². The predicted molar refractivity (Wildman–Crippen MR) is 108 cm³/mol. The summed E-state index contributed by atoms with van der Waals surface area (Å²) in [5, 5.41) is 2.69. The Kier molecular flexibility index (Phi) is 5.07. The van der Waals surface area contributed by atoms with Gasteiger partial charge in [-0.25, -0.2) is 4.79 Å². The number of alkyl halides is 3. The number of nitrogens with one attached hydrogen (secondary N) is 1. The van der Waals surface area contributed by atoms with Gasteiger partial charge in [-0.05, 0) is 48.7 Å². The molecule has 0 saturated heterocycles. The SMILES string of the molecule is Cc1ccc2c(c1)CCN2C(=O)Nc1cc(OC(F)(F)F)cc(-c2cccnc2)c1. The summed E-state index contributed by atoms with van der Waals surface area (Å²) in [6.45, 7) is 2.48. The predicted octanol–water partition coefficient (Wildman–Crippen LogP) is 5.55. The Balaban J connectivity index is 1.63. The number of nitrogens with zero attached hydrogens (tertiary/aromatic N) is 2. The summed E-state index contributed by atoms with van der Waals surface area (Å²) in [6, 6.07) is 12.8. The molecule has 0 fully saturated rings. The Morgan fingerprint density at radius 3 is 2.70 bits per heavy atom. The summed E-state index contributed by atoms with van der Waals surface area (Å²) >= 11 is 0. The molecule has 0 aliphatic carbocycles. The molecule has 154 valence electrons. The fourth-order valence-corrected chi connectivity index (χ4v) is 3.50. The number of pyridine rings is 1. The van der Waals surface area contributed by atoms with Crippen molar-refractivity contribution in [2.45, 2.75) is 19.7 Å². The second-order valence-corrected chi connectivity index (χ2v) is 7.00. The molecule has 0 spiro atoms. The number of fused-ring (bicyclic) bond motifs is 1. The summed E-state index contributed by atoms with van der Waals surface area (Å²) in [6.07, 6.45) is -1.03. The van der Waals surface area contributed by atoms with Crippen molar-refractivity contribution in [2.75, 3.05) is 16.8 Å². The molecule has 4 rings (SSSR count). The Morgan fingerprint density at radius 2 is 1.97 bits per heavy atom. The Hall–Kier alpha value is -3.55. The summed E-state index contributed by atoms with van der Waals surface area (Å²) in [5.41, 5.74) is 4.21. The van der Waals surface area contributed by atoms with Gasteiger partial charge >= 0.3 is 12.4 Å². The molecule has 30 heavy (non-hydrogen) atoms. The molecule has 2 amide bonds. The molecule has 5 nitrogen and oxygen atoms in total. The van der Waals surface area contributed by atoms with Crippen LogP contribution in [0.15, 0.2) is 60.9 Å². The maximum atomic E-state index is 12.8. The number of urea groups is 1. The molecule has 0 unspecified atom stereocenters. The van der Waals surface area contributed by atoms with Crippen LogP contribution in [-0.2, 0) is 6.42 Å². The van der Waals surface area contributed by atoms with E-state index in [-0.39, 0.29) is 5.69 Å². The highest BCUT2D eigenvalue weighted by atomic mass is 19.4. The van der Waals surface area contributed by atoms with Crippen LogP contribution in [0.3, 0.4) is 0 Å². The van der Waals surface area contributed by atoms with Gasteiger partial charge in [0.2, 0.25) is 0 Å². The lowest BCUT2D eigenvalue weighted by Crippen LogP contribution is -2.33. The van der Waals surface area contributed by atoms with Gasteiger partial charge in [0.05, 0.1) is 0 Å². The van der Waals surface area contributed by atoms with Crippen LogP contribution in [0.5, 0.6) is 5.75 Å². The van der Waals surface area contributed by atoms with Crippen molar-refractivity contribution in [1.29, 1.82) is 0 Å². The van der Waals surface area contributed by atoms with E-state index in [0.717, 1.165) is 29.3 Å². The number of rotatable bonds is 3. The van der Waals surface area contributed by atoms with Crippen molar-refractivity contribution < 1.29 is 22.7 Å². The van der Waals surface area contributed by atoms with Crippen LogP contribution in [0.4, 0.5) is 29.3 Å². The molecule has 0 radical (unpaired) electrons. The average Bonchev–Trinajstić information content (AvgIpc) is 3.10. The number of ether oxygens (including phenoxy) is 1. The molecular weight excluding hydrogens is 395 g/mol. The number of amides is 2. The van der Waals surface area contributed by atoms with Crippen molar-refractivity contribution in [1.82, 2.24) is 4.98 Å². The number of aromatic nitrogens is 1. The molecule has 3 aromatic rings. The van der Waals surface area contributed by atoms with E-state index >= 15 is 0 Å².